The van der Waals surface area contributed by atoms with E-state index < -0.39 is 18.1 Å². The predicted octanol–water partition coefficient (Wildman–Crippen LogP) is 0.606. The van der Waals surface area contributed by atoms with Crippen molar-refractivity contribution in [1.29, 1.82) is 0 Å². The van der Waals surface area contributed by atoms with Gasteiger partial charge < -0.3 is 21.3 Å². The molecule has 1 aliphatic heterocycles. The SMILES string of the molecule is CC1NC2C(F)CCCC2C1CCN.O=C(O)C(=O)O. The van der Waals surface area contributed by atoms with Crippen molar-refractivity contribution in [1.82, 2.24) is 5.32 Å². The molecule has 5 atom stereocenters. The average Bonchev–Trinajstić information content (AvgIpc) is 2.69. The summed E-state index contributed by atoms with van der Waals surface area (Å²) in [6.07, 6.45) is 3.40. The quantitative estimate of drug-likeness (QED) is 0.554. The number of alkyl halides is 1. The Balaban J connectivity index is 0.000000286. The van der Waals surface area contributed by atoms with Gasteiger partial charge in [-0.15, -0.1) is 0 Å². The Morgan fingerprint density at radius 1 is 1.30 bits per heavy atom. The van der Waals surface area contributed by atoms with Crippen LogP contribution in [-0.4, -0.2) is 47.0 Å². The molecule has 6 nitrogen and oxygen atoms in total. The first kappa shape index (κ1) is 16.8. The molecule has 2 rings (SSSR count). The molecular weight excluding hydrogens is 267 g/mol. The Morgan fingerprint density at radius 3 is 2.40 bits per heavy atom. The molecule has 0 aromatic carbocycles. The van der Waals surface area contributed by atoms with E-state index in [1.807, 2.05) is 0 Å². The predicted molar refractivity (Wildman–Crippen MR) is 71.1 cm³/mol. The number of carbonyl (C=O) groups is 2. The van der Waals surface area contributed by atoms with Crippen LogP contribution in [-0.2, 0) is 9.59 Å². The van der Waals surface area contributed by atoms with Crippen LogP contribution in [0, 0.1) is 11.8 Å². The summed E-state index contributed by atoms with van der Waals surface area (Å²) in [5, 5.41) is 18.2. The minimum absolute atomic E-state index is 0.121. The number of hydrogen-bond acceptors (Lipinski definition) is 4. The highest BCUT2D eigenvalue weighted by atomic mass is 19.1. The summed E-state index contributed by atoms with van der Waals surface area (Å²) in [7, 11) is 0. The van der Waals surface area contributed by atoms with Gasteiger partial charge in [0.25, 0.3) is 0 Å². The fraction of sp³-hybridized carbons (Fsp3) is 0.846. The molecule has 1 aliphatic carbocycles. The molecule has 1 heterocycles. The maximum Gasteiger partial charge on any atom is 0.414 e. The highest BCUT2D eigenvalue weighted by molar-refractivity contribution is 6.27. The van der Waals surface area contributed by atoms with Gasteiger partial charge in [0.15, 0.2) is 0 Å². The third-order valence-electron chi connectivity index (χ3n) is 4.20. The van der Waals surface area contributed by atoms with Crippen molar-refractivity contribution in [2.45, 2.75) is 50.9 Å². The van der Waals surface area contributed by atoms with E-state index >= 15 is 0 Å². The van der Waals surface area contributed by atoms with E-state index in [1.165, 1.54) is 6.42 Å². The third-order valence-corrected chi connectivity index (χ3v) is 4.20. The van der Waals surface area contributed by atoms with Gasteiger partial charge in [0.05, 0.1) is 0 Å². The molecule has 0 spiro atoms. The highest BCUT2D eigenvalue weighted by Crippen LogP contribution is 2.40. The lowest BCUT2D eigenvalue weighted by Gasteiger charge is -2.31. The Hall–Kier alpha value is -1.21. The zero-order valence-electron chi connectivity index (χ0n) is 11.6. The van der Waals surface area contributed by atoms with Gasteiger partial charge in [-0.05, 0) is 44.6 Å². The molecule has 2 fully saturated rings. The van der Waals surface area contributed by atoms with E-state index in [0.717, 1.165) is 25.8 Å². The van der Waals surface area contributed by atoms with Gasteiger partial charge in [0.2, 0.25) is 0 Å². The summed E-state index contributed by atoms with van der Waals surface area (Å²) in [5.41, 5.74) is 5.61. The van der Waals surface area contributed by atoms with E-state index in [0.29, 0.717) is 17.9 Å². The molecule has 116 valence electrons. The summed E-state index contributed by atoms with van der Waals surface area (Å²) in [6.45, 7) is 2.90. The van der Waals surface area contributed by atoms with E-state index in [4.69, 9.17) is 25.5 Å². The average molecular weight is 290 g/mol. The van der Waals surface area contributed by atoms with Crippen LogP contribution >= 0.6 is 0 Å². The number of fused-ring (bicyclic) bond motifs is 1. The normalized spacial score (nSPS) is 35.6. The van der Waals surface area contributed by atoms with Crippen LogP contribution in [0.1, 0.15) is 32.6 Å². The van der Waals surface area contributed by atoms with Gasteiger partial charge in [-0.2, -0.15) is 0 Å². The van der Waals surface area contributed by atoms with Crippen LogP contribution in [0.4, 0.5) is 4.39 Å². The van der Waals surface area contributed by atoms with Gasteiger partial charge in [-0.1, -0.05) is 6.42 Å². The molecule has 2 aliphatic rings. The number of halogens is 1. The molecule has 0 aromatic rings. The van der Waals surface area contributed by atoms with Gasteiger partial charge in [-0.25, -0.2) is 14.0 Å². The number of hydrogen-bond donors (Lipinski definition) is 4. The zero-order valence-corrected chi connectivity index (χ0v) is 11.6. The number of rotatable bonds is 2. The first-order valence-electron chi connectivity index (χ1n) is 6.94. The molecule has 0 bridgehead atoms. The number of nitrogens with two attached hydrogens (primary N) is 1. The molecule has 0 radical (unpaired) electrons. The van der Waals surface area contributed by atoms with E-state index in [2.05, 4.69) is 12.2 Å². The minimum atomic E-state index is -1.82. The monoisotopic (exact) mass is 290 g/mol. The summed E-state index contributed by atoms with van der Waals surface area (Å²) in [6, 6.07) is 0.570. The molecule has 0 amide bonds. The number of carboxylic acid groups (broad SMARTS) is 2. The second-order valence-corrected chi connectivity index (χ2v) is 5.44. The van der Waals surface area contributed by atoms with Crippen molar-refractivity contribution in [3.63, 3.8) is 0 Å². The molecule has 0 aromatic heterocycles. The number of carboxylic acids is 2. The molecule has 5 N–H and O–H groups in total. The third kappa shape index (κ3) is 4.14. The number of nitrogens with one attached hydrogen (secondary N) is 1. The maximum absolute atomic E-state index is 13.6. The second-order valence-electron chi connectivity index (χ2n) is 5.44. The lowest BCUT2D eigenvalue weighted by atomic mass is 9.76. The van der Waals surface area contributed by atoms with Crippen LogP contribution in [0.15, 0.2) is 0 Å². The van der Waals surface area contributed by atoms with E-state index in [9.17, 15) is 4.39 Å². The molecule has 5 unspecified atom stereocenters. The van der Waals surface area contributed by atoms with Crippen molar-refractivity contribution in [2.24, 2.45) is 17.6 Å². The molecular formula is C13H23FN2O4. The van der Waals surface area contributed by atoms with E-state index in [-0.39, 0.29) is 6.04 Å². The van der Waals surface area contributed by atoms with Gasteiger partial charge in [-0.3, -0.25) is 0 Å². The van der Waals surface area contributed by atoms with Crippen LogP contribution in [0.3, 0.4) is 0 Å². The van der Waals surface area contributed by atoms with Crippen LogP contribution in [0.25, 0.3) is 0 Å². The van der Waals surface area contributed by atoms with Gasteiger partial charge in [0.1, 0.15) is 6.17 Å². The summed E-state index contributed by atoms with van der Waals surface area (Å²) < 4.78 is 13.6. The summed E-state index contributed by atoms with van der Waals surface area (Å²) in [5.74, 6) is -2.51. The lowest BCUT2D eigenvalue weighted by Crippen LogP contribution is -2.41. The fourth-order valence-electron chi connectivity index (χ4n) is 3.34. The largest absolute Gasteiger partial charge is 0.473 e. The Bertz CT molecular complexity index is 341. The van der Waals surface area contributed by atoms with Crippen LogP contribution in [0.2, 0.25) is 0 Å². The van der Waals surface area contributed by atoms with Gasteiger partial charge in [0, 0.05) is 12.1 Å². The van der Waals surface area contributed by atoms with Crippen molar-refractivity contribution >= 4 is 11.9 Å². The molecule has 20 heavy (non-hydrogen) atoms. The first-order valence-corrected chi connectivity index (χ1v) is 6.94. The van der Waals surface area contributed by atoms with Crippen molar-refractivity contribution in [3.8, 4) is 0 Å². The maximum atomic E-state index is 13.6. The van der Waals surface area contributed by atoms with Crippen LogP contribution in [0.5, 0.6) is 0 Å². The molecule has 1 saturated carbocycles. The van der Waals surface area contributed by atoms with Crippen LogP contribution < -0.4 is 11.1 Å². The molecule has 1 saturated heterocycles. The fourth-order valence-corrected chi connectivity index (χ4v) is 3.34. The van der Waals surface area contributed by atoms with Crippen molar-refractivity contribution in [2.75, 3.05) is 6.54 Å². The van der Waals surface area contributed by atoms with Gasteiger partial charge >= 0.3 is 11.9 Å². The lowest BCUT2D eigenvalue weighted by molar-refractivity contribution is -0.159. The Morgan fingerprint density at radius 2 is 1.90 bits per heavy atom. The topological polar surface area (TPSA) is 113 Å². The smallest absolute Gasteiger partial charge is 0.414 e. The van der Waals surface area contributed by atoms with E-state index in [1.54, 1.807) is 0 Å². The van der Waals surface area contributed by atoms with Crippen molar-refractivity contribution in [3.05, 3.63) is 0 Å². The summed E-state index contributed by atoms with van der Waals surface area (Å²) >= 11 is 0. The second kappa shape index (κ2) is 7.54. The summed E-state index contributed by atoms with van der Waals surface area (Å²) in [4.78, 5) is 18.2. The standard InChI is InChI=1S/C11H21FN2.C2H2O4/c1-7-8(5-6-13)9-3-2-4-10(12)11(9)14-7;3-1(4)2(5)6/h7-11,14H,2-6,13H2,1H3;(H,3,4)(H,5,6). The highest BCUT2D eigenvalue weighted by Gasteiger charge is 2.45. The number of aliphatic carboxylic acids is 2. The Kier molecular flexibility index (Phi) is 6.35. The first-order chi connectivity index (χ1) is 9.38. The van der Waals surface area contributed by atoms with Crippen molar-refractivity contribution < 1.29 is 24.2 Å². The Labute approximate surface area is 117 Å². The zero-order chi connectivity index (χ0) is 15.3. The minimum Gasteiger partial charge on any atom is -0.473 e. The molecule has 7 heteroatoms.